The summed E-state index contributed by atoms with van der Waals surface area (Å²) >= 11 is 0. The third kappa shape index (κ3) is 2.75. The molecule has 2 aliphatic heterocycles. The highest BCUT2D eigenvalue weighted by Gasteiger charge is 2.33. The van der Waals surface area contributed by atoms with Gasteiger partial charge in [-0.25, -0.2) is 0 Å². The lowest BCUT2D eigenvalue weighted by molar-refractivity contribution is 0.0187. The molecule has 1 unspecified atom stereocenters. The number of rotatable bonds is 1. The van der Waals surface area contributed by atoms with Crippen molar-refractivity contribution < 1.29 is 4.79 Å². The van der Waals surface area contributed by atoms with Gasteiger partial charge in [0.05, 0.1) is 0 Å². The second-order valence-corrected chi connectivity index (χ2v) is 6.98. The highest BCUT2D eigenvalue weighted by atomic mass is 16.2. The zero-order chi connectivity index (χ0) is 16.0. The van der Waals surface area contributed by atoms with Gasteiger partial charge in [0, 0.05) is 56.2 Å². The first-order chi connectivity index (χ1) is 11.1. The highest BCUT2D eigenvalue weighted by Crippen LogP contribution is 2.20. The fourth-order valence-electron chi connectivity index (χ4n) is 3.83. The largest absolute Gasteiger partial charge is 0.351 e. The van der Waals surface area contributed by atoms with Crippen LogP contribution in [0.3, 0.4) is 0 Å². The standard InChI is InChI=1S/C18H24N4O/c1-13-3-4-16-14(9-13)10-17(19-16)18(23)22-8-7-21-6-5-20(2)11-15(21)12-22/h3-4,9-10,15,19H,5-8,11-12H2,1-2H3. The van der Waals surface area contributed by atoms with Crippen LogP contribution < -0.4 is 0 Å². The third-order valence-corrected chi connectivity index (χ3v) is 5.19. The molecule has 2 aliphatic rings. The van der Waals surface area contributed by atoms with E-state index in [1.165, 1.54) is 5.56 Å². The van der Waals surface area contributed by atoms with E-state index < -0.39 is 0 Å². The summed E-state index contributed by atoms with van der Waals surface area (Å²) in [6, 6.07) is 8.71. The molecule has 1 atom stereocenters. The highest BCUT2D eigenvalue weighted by molar-refractivity contribution is 5.98. The summed E-state index contributed by atoms with van der Waals surface area (Å²) in [5.41, 5.74) is 2.97. The van der Waals surface area contributed by atoms with Crippen LogP contribution in [0.4, 0.5) is 0 Å². The summed E-state index contributed by atoms with van der Waals surface area (Å²) in [4.78, 5) is 23.1. The van der Waals surface area contributed by atoms with Gasteiger partial charge in [-0.3, -0.25) is 9.69 Å². The first kappa shape index (κ1) is 14.7. The van der Waals surface area contributed by atoms with Gasteiger partial charge < -0.3 is 14.8 Å². The van der Waals surface area contributed by atoms with Crippen molar-refractivity contribution in [1.29, 1.82) is 0 Å². The molecule has 5 nitrogen and oxygen atoms in total. The summed E-state index contributed by atoms with van der Waals surface area (Å²) in [5.74, 6) is 0.131. The Morgan fingerprint density at radius 1 is 1.13 bits per heavy atom. The molecule has 2 aromatic rings. The fourth-order valence-corrected chi connectivity index (χ4v) is 3.83. The summed E-state index contributed by atoms with van der Waals surface area (Å²) in [7, 11) is 2.16. The van der Waals surface area contributed by atoms with E-state index in [-0.39, 0.29) is 5.91 Å². The van der Waals surface area contributed by atoms with E-state index in [0.29, 0.717) is 11.7 Å². The predicted molar refractivity (Wildman–Crippen MR) is 91.8 cm³/mol. The van der Waals surface area contributed by atoms with E-state index in [2.05, 4.69) is 47.0 Å². The molecular weight excluding hydrogens is 288 g/mol. The molecule has 1 aromatic heterocycles. The van der Waals surface area contributed by atoms with Crippen LogP contribution in [-0.4, -0.2) is 77.9 Å². The second-order valence-electron chi connectivity index (χ2n) is 6.98. The monoisotopic (exact) mass is 312 g/mol. The molecule has 122 valence electrons. The average molecular weight is 312 g/mol. The normalized spacial score (nSPS) is 23.2. The molecule has 2 fully saturated rings. The van der Waals surface area contributed by atoms with Gasteiger partial charge in [-0.2, -0.15) is 0 Å². The smallest absolute Gasteiger partial charge is 0.270 e. The van der Waals surface area contributed by atoms with Crippen molar-refractivity contribution >= 4 is 16.8 Å². The number of aryl methyl sites for hydroxylation is 1. The van der Waals surface area contributed by atoms with E-state index >= 15 is 0 Å². The average Bonchev–Trinajstić information content (AvgIpc) is 2.96. The molecule has 0 spiro atoms. The van der Waals surface area contributed by atoms with Crippen LogP contribution >= 0.6 is 0 Å². The second kappa shape index (κ2) is 5.65. The molecule has 4 rings (SSSR count). The first-order valence-electron chi connectivity index (χ1n) is 8.41. The van der Waals surface area contributed by atoms with Crippen molar-refractivity contribution in [3.8, 4) is 0 Å². The van der Waals surface area contributed by atoms with Crippen molar-refractivity contribution in [2.24, 2.45) is 0 Å². The van der Waals surface area contributed by atoms with Gasteiger partial charge >= 0.3 is 0 Å². The molecule has 1 N–H and O–H groups in total. The van der Waals surface area contributed by atoms with Crippen molar-refractivity contribution in [3.63, 3.8) is 0 Å². The maximum Gasteiger partial charge on any atom is 0.270 e. The van der Waals surface area contributed by atoms with E-state index in [1.807, 2.05) is 11.0 Å². The molecule has 1 amide bonds. The molecule has 1 aromatic carbocycles. The summed E-state index contributed by atoms with van der Waals surface area (Å²) in [5, 5.41) is 1.12. The zero-order valence-corrected chi connectivity index (χ0v) is 13.9. The Morgan fingerprint density at radius 3 is 2.83 bits per heavy atom. The number of piperazine rings is 2. The minimum atomic E-state index is 0.131. The number of fused-ring (bicyclic) bond motifs is 2. The number of amides is 1. The number of nitrogens with zero attached hydrogens (tertiary/aromatic N) is 3. The number of carbonyl (C=O) groups excluding carboxylic acids is 1. The van der Waals surface area contributed by atoms with Gasteiger partial charge in [0.15, 0.2) is 0 Å². The third-order valence-electron chi connectivity index (χ3n) is 5.19. The Balaban J connectivity index is 1.53. The molecular formula is C18H24N4O. The Bertz CT molecular complexity index is 738. The van der Waals surface area contributed by atoms with Crippen LogP contribution in [0.25, 0.3) is 10.9 Å². The van der Waals surface area contributed by atoms with Gasteiger partial charge in [0.2, 0.25) is 0 Å². The maximum absolute atomic E-state index is 12.9. The van der Waals surface area contributed by atoms with Crippen LogP contribution in [0.15, 0.2) is 24.3 Å². The molecule has 0 radical (unpaired) electrons. The number of hydrogen-bond acceptors (Lipinski definition) is 3. The lowest BCUT2D eigenvalue weighted by atomic mass is 10.1. The lowest BCUT2D eigenvalue weighted by Gasteiger charge is -2.46. The van der Waals surface area contributed by atoms with Gasteiger partial charge in [-0.05, 0) is 32.2 Å². The molecule has 23 heavy (non-hydrogen) atoms. The van der Waals surface area contributed by atoms with Gasteiger partial charge in [-0.15, -0.1) is 0 Å². The van der Waals surface area contributed by atoms with Crippen LogP contribution in [0.2, 0.25) is 0 Å². The molecule has 0 saturated carbocycles. The topological polar surface area (TPSA) is 42.6 Å². The van der Waals surface area contributed by atoms with Gasteiger partial charge in [0.1, 0.15) is 5.69 Å². The number of carbonyl (C=O) groups is 1. The molecule has 5 heteroatoms. The van der Waals surface area contributed by atoms with Crippen molar-refractivity contribution in [2.75, 3.05) is 46.3 Å². The van der Waals surface area contributed by atoms with E-state index in [0.717, 1.165) is 50.2 Å². The minimum Gasteiger partial charge on any atom is -0.351 e. The Hall–Kier alpha value is -1.85. The number of H-pyrrole nitrogens is 1. The number of benzene rings is 1. The lowest BCUT2D eigenvalue weighted by Crippen LogP contribution is -2.62. The zero-order valence-electron chi connectivity index (χ0n) is 13.9. The van der Waals surface area contributed by atoms with Crippen molar-refractivity contribution in [2.45, 2.75) is 13.0 Å². The van der Waals surface area contributed by atoms with Crippen LogP contribution in [0.5, 0.6) is 0 Å². The van der Waals surface area contributed by atoms with E-state index in [9.17, 15) is 4.79 Å². The number of aromatic amines is 1. The van der Waals surface area contributed by atoms with Crippen LogP contribution in [0, 0.1) is 6.92 Å². The molecule has 3 heterocycles. The van der Waals surface area contributed by atoms with Gasteiger partial charge in [-0.1, -0.05) is 11.6 Å². The number of aromatic nitrogens is 1. The quantitative estimate of drug-likeness (QED) is 0.869. The van der Waals surface area contributed by atoms with E-state index in [1.54, 1.807) is 0 Å². The van der Waals surface area contributed by atoms with Crippen LogP contribution in [0.1, 0.15) is 16.1 Å². The Morgan fingerprint density at radius 2 is 1.96 bits per heavy atom. The van der Waals surface area contributed by atoms with E-state index in [4.69, 9.17) is 0 Å². The van der Waals surface area contributed by atoms with Gasteiger partial charge in [0.25, 0.3) is 5.91 Å². The van der Waals surface area contributed by atoms with Crippen molar-refractivity contribution in [3.05, 3.63) is 35.5 Å². The molecule has 0 aliphatic carbocycles. The first-order valence-corrected chi connectivity index (χ1v) is 8.41. The minimum absolute atomic E-state index is 0.131. The summed E-state index contributed by atoms with van der Waals surface area (Å²) in [6.45, 7) is 8.03. The van der Waals surface area contributed by atoms with Crippen molar-refractivity contribution in [1.82, 2.24) is 19.7 Å². The fraction of sp³-hybridized carbons (Fsp3) is 0.500. The summed E-state index contributed by atoms with van der Waals surface area (Å²) in [6.07, 6.45) is 0. The number of hydrogen-bond donors (Lipinski definition) is 1. The van der Waals surface area contributed by atoms with Crippen LogP contribution in [-0.2, 0) is 0 Å². The summed E-state index contributed by atoms with van der Waals surface area (Å²) < 4.78 is 0. The molecule has 0 bridgehead atoms. The maximum atomic E-state index is 12.9. The Labute approximate surface area is 136 Å². The Kier molecular flexibility index (Phi) is 3.62. The number of nitrogens with one attached hydrogen (secondary N) is 1. The molecule has 2 saturated heterocycles. The SMILES string of the molecule is Cc1ccc2[nH]c(C(=O)N3CCN4CCN(C)CC4C3)cc2c1. The number of likely N-dealkylation sites (N-methyl/N-ethyl adjacent to an activating group) is 1. The predicted octanol–water partition coefficient (Wildman–Crippen LogP) is 1.55.